The first-order chi connectivity index (χ1) is 17.4. The van der Waals surface area contributed by atoms with Gasteiger partial charge >= 0.3 is 6.09 Å². The molecule has 0 saturated carbocycles. The molecule has 7 nitrogen and oxygen atoms in total. The first-order valence-electron chi connectivity index (χ1n) is 13.1. The zero-order valence-corrected chi connectivity index (χ0v) is 25.2. The Balaban J connectivity index is 2.25. The molecule has 3 atom stereocenters. The number of hydrogen-bond donors (Lipinski definition) is 1. The van der Waals surface area contributed by atoms with E-state index in [0.29, 0.717) is 25.0 Å². The highest BCUT2D eigenvalue weighted by Gasteiger charge is 2.66. The van der Waals surface area contributed by atoms with Crippen LogP contribution in [-0.4, -0.2) is 55.4 Å². The van der Waals surface area contributed by atoms with Crippen LogP contribution in [0.25, 0.3) is 0 Å². The summed E-state index contributed by atoms with van der Waals surface area (Å²) in [6.45, 7) is 12.9. The van der Waals surface area contributed by atoms with Crippen molar-refractivity contribution in [1.82, 2.24) is 9.96 Å². The van der Waals surface area contributed by atoms with E-state index < -0.39 is 28.7 Å². The fourth-order valence-electron chi connectivity index (χ4n) is 5.85. The van der Waals surface area contributed by atoms with Crippen molar-refractivity contribution in [3.8, 4) is 0 Å². The number of rotatable bonds is 8. The van der Waals surface area contributed by atoms with Gasteiger partial charge in [0.2, 0.25) is 0 Å². The molecule has 2 aromatic rings. The van der Waals surface area contributed by atoms with Gasteiger partial charge in [-0.3, -0.25) is 9.69 Å². The Labute approximate surface area is 224 Å². The van der Waals surface area contributed by atoms with Crippen molar-refractivity contribution in [2.24, 2.45) is 17.3 Å². The van der Waals surface area contributed by atoms with Crippen molar-refractivity contribution in [3.63, 3.8) is 0 Å². The van der Waals surface area contributed by atoms with E-state index in [1.54, 1.807) is 24.3 Å². The van der Waals surface area contributed by atoms with Crippen LogP contribution in [0.15, 0.2) is 60.7 Å². The molecule has 1 heterocycles. The molecule has 3 rings (SSSR count). The average Bonchev–Trinajstić information content (AvgIpc) is 3.00. The van der Waals surface area contributed by atoms with Crippen LogP contribution in [0.2, 0.25) is 0 Å². The smallest absolute Gasteiger partial charge is 0.409 e. The second kappa shape index (κ2) is 11.4. The lowest BCUT2D eigenvalue weighted by Crippen LogP contribution is -2.76. The maximum Gasteiger partial charge on any atom is 0.409 e. The highest BCUT2D eigenvalue weighted by molar-refractivity contribution is 6.01. The lowest BCUT2D eigenvalue weighted by molar-refractivity contribution is -0.265. The van der Waals surface area contributed by atoms with E-state index in [1.165, 1.54) is 9.96 Å². The molecular weight excluding hydrogens is 484 g/mol. The lowest BCUT2D eigenvalue weighted by Gasteiger charge is -2.62. The predicted octanol–water partition coefficient (Wildman–Crippen LogP) is 5.10. The summed E-state index contributed by atoms with van der Waals surface area (Å²) in [5.41, 5.74) is -1.29. The molecule has 1 fully saturated rings. The van der Waals surface area contributed by atoms with Crippen LogP contribution in [0.5, 0.6) is 0 Å². The van der Waals surface area contributed by atoms with Gasteiger partial charge in [-0.1, -0.05) is 83.1 Å². The number of ether oxygens (including phenoxy) is 1. The molecule has 0 spiro atoms. The first-order valence-corrected chi connectivity index (χ1v) is 13.9. The number of carboxylic acid groups (broad SMARTS) is 1. The van der Waals surface area contributed by atoms with Crippen molar-refractivity contribution in [3.05, 3.63) is 71.8 Å². The van der Waals surface area contributed by atoms with E-state index in [2.05, 4.69) is 20.8 Å². The second-order valence-corrected chi connectivity index (χ2v) is 11.5. The summed E-state index contributed by atoms with van der Waals surface area (Å²) in [5.74, 6) is -0.771. The fourth-order valence-corrected chi connectivity index (χ4v) is 6.29. The van der Waals surface area contributed by atoms with Crippen molar-refractivity contribution >= 4 is 22.5 Å². The topological polar surface area (TPSA) is 79.3 Å². The van der Waals surface area contributed by atoms with Gasteiger partial charge in [-0.15, -0.1) is 0 Å². The third-order valence-electron chi connectivity index (χ3n) is 8.72. The minimum atomic E-state index is -1.34. The Morgan fingerprint density at radius 3 is 2.22 bits per heavy atom. The van der Waals surface area contributed by atoms with Gasteiger partial charge in [0, 0.05) is 23.4 Å². The van der Waals surface area contributed by atoms with Crippen LogP contribution in [-0.2, 0) is 15.9 Å². The van der Waals surface area contributed by atoms with Gasteiger partial charge < -0.3 is 14.4 Å². The quantitative estimate of drug-likeness (QED) is 0.382. The summed E-state index contributed by atoms with van der Waals surface area (Å²) in [6.07, 6.45) is 0.180. The van der Waals surface area contributed by atoms with E-state index in [-0.39, 0.29) is 28.9 Å². The summed E-state index contributed by atoms with van der Waals surface area (Å²) in [5, 5.41) is 12.0. The Morgan fingerprint density at radius 2 is 1.70 bits per heavy atom. The molecule has 0 bridgehead atoms. The van der Waals surface area contributed by atoms with Crippen LogP contribution in [0.3, 0.4) is 0 Å². The van der Waals surface area contributed by atoms with Gasteiger partial charge in [-0.2, -0.15) is 0 Å². The molecule has 0 radical (unpaired) electrons. The summed E-state index contributed by atoms with van der Waals surface area (Å²) < 4.78 is 12.8. The molecule has 37 heavy (non-hydrogen) atoms. The van der Waals surface area contributed by atoms with Crippen LogP contribution in [0.4, 0.5) is 4.79 Å². The third kappa shape index (κ3) is 5.19. The van der Waals surface area contributed by atoms with E-state index in [0.717, 1.165) is 5.56 Å². The number of carbonyl (C=O) groups is 2. The molecule has 1 N–H and O–H groups in total. The third-order valence-corrected chi connectivity index (χ3v) is 9.08. The number of benzene rings is 2. The van der Waals surface area contributed by atoms with Gasteiger partial charge in [0.1, 0.15) is 0 Å². The second-order valence-electron chi connectivity index (χ2n) is 11.1. The summed E-state index contributed by atoms with van der Waals surface area (Å²) in [4.78, 5) is 28.6. The average molecular weight is 527 g/mol. The molecule has 8 heteroatoms. The van der Waals surface area contributed by atoms with Crippen molar-refractivity contribution in [2.45, 2.75) is 72.3 Å². The standard InChI is InChI=1S/C29H42N2O5Si/c1-21(2)27(4,5)29(31(36-37)25(32)24-16-11-8-12-17-24)22(3)28(6,18-13-19-30(29)26(33)34)35-20-23-14-9-7-10-15-23/h7-12,14-17,21-22H,13,18-20H2,1-6,37H3,(H,33,34)/t22-,28+,29?/m0/s1. The highest BCUT2D eigenvalue weighted by Crippen LogP contribution is 2.55. The molecule has 1 aliphatic rings. The Kier molecular flexibility index (Phi) is 8.88. The molecule has 0 aromatic heterocycles. The van der Waals surface area contributed by atoms with Crippen LogP contribution in [0.1, 0.15) is 70.3 Å². The van der Waals surface area contributed by atoms with Gasteiger partial charge in [-0.25, -0.2) is 9.86 Å². The maximum atomic E-state index is 14.1. The van der Waals surface area contributed by atoms with Crippen molar-refractivity contribution < 1.29 is 24.0 Å². The van der Waals surface area contributed by atoms with Gasteiger partial charge in [0.05, 0.1) is 12.2 Å². The molecule has 2 aromatic carbocycles. The Hall–Kier alpha value is -2.68. The van der Waals surface area contributed by atoms with E-state index in [9.17, 15) is 14.7 Å². The normalized spacial score (nSPS) is 24.6. The molecule has 0 aliphatic carbocycles. The van der Waals surface area contributed by atoms with E-state index in [1.807, 2.05) is 57.2 Å². The number of hydrogen-bond acceptors (Lipinski definition) is 4. The van der Waals surface area contributed by atoms with Crippen LogP contribution >= 0.6 is 0 Å². The number of nitrogens with zero attached hydrogens (tertiary/aromatic N) is 2. The number of amides is 2. The molecular formula is C29H42N2O5Si. The maximum absolute atomic E-state index is 14.1. The molecule has 202 valence electrons. The summed E-state index contributed by atoms with van der Waals surface area (Å²) in [6, 6.07) is 18.9. The zero-order chi connectivity index (χ0) is 27.4. The lowest BCUT2D eigenvalue weighted by atomic mass is 9.61. The first kappa shape index (κ1) is 28.9. The van der Waals surface area contributed by atoms with Gasteiger partial charge in [0.15, 0.2) is 16.1 Å². The van der Waals surface area contributed by atoms with E-state index >= 15 is 0 Å². The monoisotopic (exact) mass is 526 g/mol. The number of carbonyl (C=O) groups excluding carboxylic acids is 1. The van der Waals surface area contributed by atoms with Crippen LogP contribution < -0.4 is 0 Å². The van der Waals surface area contributed by atoms with Crippen molar-refractivity contribution in [2.75, 3.05) is 6.54 Å². The largest absolute Gasteiger partial charge is 0.465 e. The highest BCUT2D eigenvalue weighted by atomic mass is 28.2. The van der Waals surface area contributed by atoms with Gasteiger partial charge in [-0.05, 0) is 43.4 Å². The van der Waals surface area contributed by atoms with E-state index in [4.69, 9.17) is 9.26 Å². The Bertz CT molecular complexity index is 1060. The SMILES string of the molecule is CC(C)C(C)(C)C1(N(O[SiH3])C(=O)c2ccccc2)[C@@H](C)[C@](C)(OCc2ccccc2)CCCN1C(=O)O. The number of likely N-dealkylation sites (tertiary alicyclic amines) is 1. The molecule has 2 amide bonds. The molecule has 1 unspecified atom stereocenters. The predicted molar refractivity (Wildman–Crippen MR) is 148 cm³/mol. The minimum Gasteiger partial charge on any atom is -0.465 e. The summed E-state index contributed by atoms with van der Waals surface area (Å²) in [7, 11) is 0.206. The summed E-state index contributed by atoms with van der Waals surface area (Å²) >= 11 is 0. The Morgan fingerprint density at radius 1 is 1.14 bits per heavy atom. The zero-order valence-electron chi connectivity index (χ0n) is 23.2. The van der Waals surface area contributed by atoms with Crippen molar-refractivity contribution in [1.29, 1.82) is 0 Å². The molecule has 1 aliphatic heterocycles. The van der Waals surface area contributed by atoms with Gasteiger partial charge in [0.25, 0.3) is 5.91 Å². The van der Waals surface area contributed by atoms with Crippen LogP contribution in [0, 0.1) is 17.3 Å². The number of hydroxylamine groups is 2. The minimum absolute atomic E-state index is 0.0103. The molecule has 1 saturated heterocycles. The fraction of sp³-hybridized carbons (Fsp3) is 0.517.